The smallest absolute Gasteiger partial charge is 0.246 e. The van der Waals surface area contributed by atoms with Crippen molar-refractivity contribution in [2.75, 3.05) is 31.8 Å². The quantitative estimate of drug-likeness (QED) is 0.841. The zero-order chi connectivity index (χ0) is 14.8. The van der Waals surface area contributed by atoms with Gasteiger partial charge in [0.2, 0.25) is 11.8 Å². The Labute approximate surface area is 130 Å². The van der Waals surface area contributed by atoms with Gasteiger partial charge < -0.3 is 15.1 Å². The number of hydrogen-bond donors (Lipinski definition) is 1. The summed E-state index contributed by atoms with van der Waals surface area (Å²) < 4.78 is 0. The summed E-state index contributed by atoms with van der Waals surface area (Å²) in [5.74, 6) is 2.01. The molecule has 0 bridgehead atoms. The van der Waals surface area contributed by atoms with E-state index in [2.05, 4.69) is 5.32 Å². The van der Waals surface area contributed by atoms with E-state index in [-0.39, 0.29) is 23.8 Å². The Morgan fingerprint density at radius 2 is 1.95 bits per heavy atom. The van der Waals surface area contributed by atoms with Crippen molar-refractivity contribution in [2.45, 2.75) is 44.2 Å². The van der Waals surface area contributed by atoms with Gasteiger partial charge in [0.25, 0.3) is 0 Å². The Kier molecular flexibility index (Phi) is 4.74. The number of rotatable bonds is 3. The number of likely N-dealkylation sites (N-methyl/N-ethyl adjacent to an activating group) is 1. The lowest BCUT2D eigenvalue weighted by molar-refractivity contribution is -0.147. The third-order valence-corrected chi connectivity index (χ3v) is 6.06. The average molecular weight is 311 g/mol. The van der Waals surface area contributed by atoms with Crippen LogP contribution in [0.3, 0.4) is 0 Å². The molecule has 0 aromatic rings. The summed E-state index contributed by atoms with van der Waals surface area (Å²) in [5, 5.41) is 3.27. The Hall–Kier alpha value is -0.750. The standard InChI is InChI=1S/C15H25N3O2S/c1-16-12-6-3-7-17(8-12)15(20)13-9-21-10-18(13)14(19)11-4-2-5-11/h11-13,16H,2-10H2,1H3. The number of likely N-dealkylation sites (tertiary alicyclic amines) is 1. The number of carbonyl (C=O) groups is 2. The Bertz CT molecular complexity index is 414. The molecule has 0 spiro atoms. The number of nitrogens with one attached hydrogen (secondary N) is 1. The molecule has 0 aromatic carbocycles. The average Bonchev–Trinajstić information content (AvgIpc) is 2.94. The SMILES string of the molecule is CNC1CCCN(C(=O)C2CSCN2C(=O)C2CCC2)C1. The van der Waals surface area contributed by atoms with Crippen LogP contribution >= 0.6 is 11.8 Å². The monoisotopic (exact) mass is 311 g/mol. The summed E-state index contributed by atoms with van der Waals surface area (Å²) in [5.41, 5.74) is 0. The molecule has 3 fully saturated rings. The maximum atomic E-state index is 12.8. The van der Waals surface area contributed by atoms with Crippen molar-refractivity contribution in [3.8, 4) is 0 Å². The van der Waals surface area contributed by atoms with Gasteiger partial charge in [0.1, 0.15) is 6.04 Å². The minimum atomic E-state index is -0.223. The van der Waals surface area contributed by atoms with E-state index in [0.717, 1.165) is 50.9 Å². The molecule has 2 saturated heterocycles. The van der Waals surface area contributed by atoms with Gasteiger partial charge in [-0.2, -0.15) is 0 Å². The van der Waals surface area contributed by atoms with Crippen LogP contribution in [0.1, 0.15) is 32.1 Å². The number of nitrogens with zero attached hydrogens (tertiary/aromatic N) is 2. The summed E-state index contributed by atoms with van der Waals surface area (Å²) in [6.45, 7) is 1.62. The van der Waals surface area contributed by atoms with Gasteiger partial charge in [0.15, 0.2) is 0 Å². The van der Waals surface area contributed by atoms with Crippen molar-refractivity contribution in [1.29, 1.82) is 0 Å². The first-order chi connectivity index (χ1) is 10.2. The molecule has 1 N–H and O–H groups in total. The molecule has 2 heterocycles. The molecule has 2 unspecified atom stereocenters. The van der Waals surface area contributed by atoms with Crippen LogP contribution in [0.15, 0.2) is 0 Å². The lowest BCUT2D eigenvalue weighted by Crippen LogP contribution is -2.55. The van der Waals surface area contributed by atoms with Crippen molar-refractivity contribution in [2.24, 2.45) is 5.92 Å². The topological polar surface area (TPSA) is 52.7 Å². The van der Waals surface area contributed by atoms with Crippen LogP contribution in [0.2, 0.25) is 0 Å². The highest BCUT2D eigenvalue weighted by Gasteiger charge is 2.41. The van der Waals surface area contributed by atoms with Gasteiger partial charge >= 0.3 is 0 Å². The fraction of sp³-hybridized carbons (Fsp3) is 0.867. The second-order valence-corrected chi connectivity index (χ2v) is 7.36. The van der Waals surface area contributed by atoms with E-state index < -0.39 is 0 Å². The van der Waals surface area contributed by atoms with E-state index in [9.17, 15) is 9.59 Å². The van der Waals surface area contributed by atoms with Crippen LogP contribution in [0.4, 0.5) is 0 Å². The van der Waals surface area contributed by atoms with E-state index >= 15 is 0 Å². The van der Waals surface area contributed by atoms with Gasteiger partial charge in [-0.3, -0.25) is 9.59 Å². The molecular weight excluding hydrogens is 286 g/mol. The predicted molar refractivity (Wildman–Crippen MR) is 84.0 cm³/mol. The highest BCUT2D eigenvalue weighted by molar-refractivity contribution is 7.99. The molecule has 0 radical (unpaired) electrons. The molecular formula is C15H25N3O2S. The van der Waals surface area contributed by atoms with Crippen LogP contribution in [-0.2, 0) is 9.59 Å². The van der Waals surface area contributed by atoms with Crippen LogP contribution in [0.25, 0.3) is 0 Å². The maximum Gasteiger partial charge on any atom is 0.246 e. The lowest BCUT2D eigenvalue weighted by Gasteiger charge is -2.37. The third-order valence-electron chi connectivity index (χ3n) is 5.05. The van der Waals surface area contributed by atoms with Crippen LogP contribution in [0.5, 0.6) is 0 Å². The van der Waals surface area contributed by atoms with Gasteiger partial charge in [-0.05, 0) is 32.7 Å². The number of piperidine rings is 1. The van der Waals surface area contributed by atoms with Gasteiger partial charge in [-0.1, -0.05) is 6.42 Å². The van der Waals surface area contributed by atoms with E-state index in [1.807, 2.05) is 16.8 Å². The molecule has 3 rings (SSSR count). The van der Waals surface area contributed by atoms with E-state index in [4.69, 9.17) is 0 Å². The van der Waals surface area contributed by atoms with E-state index in [1.165, 1.54) is 0 Å². The summed E-state index contributed by atoms with van der Waals surface area (Å²) >= 11 is 1.71. The lowest BCUT2D eigenvalue weighted by atomic mass is 9.84. The molecule has 21 heavy (non-hydrogen) atoms. The molecule has 2 amide bonds. The molecule has 5 nitrogen and oxygen atoms in total. The highest BCUT2D eigenvalue weighted by atomic mass is 32.2. The maximum absolute atomic E-state index is 12.8. The van der Waals surface area contributed by atoms with Crippen molar-refractivity contribution < 1.29 is 9.59 Å². The van der Waals surface area contributed by atoms with Crippen LogP contribution in [-0.4, -0.2) is 65.5 Å². The van der Waals surface area contributed by atoms with E-state index in [1.54, 1.807) is 11.8 Å². The Balaban J connectivity index is 1.63. The molecule has 3 aliphatic rings. The third kappa shape index (κ3) is 3.06. The van der Waals surface area contributed by atoms with E-state index in [0.29, 0.717) is 11.9 Å². The van der Waals surface area contributed by atoms with Gasteiger partial charge in [0.05, 0.1) is 5.88 Å². The van der Waals surface area contributed by atoms with Gasteiger partial charge in [-0.15, -0.1) is 11.8 Å². The van der Waals surface area contributed by atoms with Crippen molar-refractivity contribution in [3.63, 3.8) is 0 Å². The molecule has 0 aromatic heterocycles. The zero-order valence-electron chi connectivity index (χ0n) is 12.7. The largest absolute Gasteiger partial charge is 0.339 e. The van der Waals surface area contributed by atoms with Crippen LogP contribution < -0.4 is 5.32 Å². The molecule has 2 atom stereocenters. The predicted octanol–water partition coefficient (Wildman–Crippen LogP) is 0.898. The minimum Gasteiger partial charge on any atom is -0.339 e. The van der Waals surface area contributed by atoms with Crippen molar-refractivity contribution in [1.82, 2.24) is 15.1 Å². The van der Waals surface area contributed by atoms with Gasteiger partial charge in [0, 0.05) is 30.8 Å². The summed E-state index contributed by atoms with van der Waals surface area (Å²) in [7, 11) is 1.95. The number of amides is 2. The van der Waals surface area contributed by atoms with Gasteiger partial charge in [-0.25, -0.2) is 0 Å². The van der Waals surface area contributed by atoms with Crippen molar-refractivity contribution >= 4 is 23.6 Å². The molecule has 1 saturated carbocycles. The number of hydrogen-bond acceptors (Lipinski definition) is 4. The Morgan fingerprint density at radius 3 is 2.62 bits per heavy atom. The van der Waals surface area contributed by atoms with Crippen molar-refractivity contribution in [3.05, 3.63) is 0 Å². The summed E-state index contributed by atoms with van der Waals surface area (Å²) in [6, 6.07) is 0.172. The first-order valence-electron chi connectivity index (χ1n) is 8.05. The van der Waals surface area contributed by atoms with Crippen LogP contribution in [0, 0.1) is 5.92 Å². The highest BCUT2D eigenvalue weighted by Crippen LogP contribution is 2.32. The minimum absolute atomic E-state index is 0.160. The molecule has 2 aliphatic heterocycles. The second-order valence-electron chi connectivity index (χ2n) is 6.36. The fourth-order valence-corrected chi connectivity index (χ4v) is 4.53. The summed E-state index contributed by atoms with van der Waals surface area (Å²) in [4.78, 5) is 29.1. The fourth-order valence-electron chi connectivity index (χ4n) is 3.38. The first kappa shape index (κ1) is 15.2. The second kappa shape index (κ2) is 6.57. The normalized spacial score (nSPS) is 30.3. The zero-order valence-corrected chi connectivity index (χ0v) is 13.5. The first-order valence-corrected chi connectivity index (χ1v) is 9.20. The molecule has 1 aliphatic carbocycles. The molecule has 6 heteroatoms. The number of thioether (sulfide) groups is 1. The summed E-state index contributed by atoms with van der Waals surface area (Å²) in [6.07, 6.45) is 5.35. The molecule has 118 valence electrons. The number of carbonyl (C=O) groups excluding carboxylic acids is 2. The Morgan fingerprint density at radius 1 is 1.14 bits per heavy atom.